The molecule has 0 fully saturated rings. The molecule has 0 spiro atoms. The van der Waals surface area contributed by atoms with E-state index in [1.54, 1.807) is 23.5 Å². The van der Waals surface area contributed by atoms with Gasteiger partial charge in [-0.3, -0.25) is 9.78 Å². The minimum Gasteiger partial charge on any atom is -0.349 e. The molecule has 0 unspecified atom stereocenters. The molecule has 0 saturated carbocycles. The van der Waals surface area contributed by atoms with E-state index in [4.69, 9.17) is 0 Å². The molecule has 0 radical (unpaired) electrons. The molecule has 2 heterocycles. The summed E-state index contributed by atoms with van der Waals surface area (Å²) in [5.74, 6) is 0.343. The van der Waals surface area contributed by atoms with E-state index in [9.17, 15) is 4.79 Å². The zero-order valence-electron chi connectivity index (χ0n) is 14.0. The van der Waals surface area contributed by atoms with Crippen LogP contribution in [0.1, 0.15) is 23.0 Å². The second-order valence-corrected chi connectivity index (χ2v) is 5.35. The summed E-state index contributed by atoms with van der Waals surface area (Å²) in [5, 5.41) is 3.09. The first kappa shape index (κ1) is 16.6. The van der Waals surface area contributed by atoms with Gasteiger partial charge in [-0.1, -0.05) is 24.3 Å². The Labute approximate surface area is 146 Å². The Morgan fingerprint density at radius 3 is 2.36 bits per heavy atom. The largest absolute Gasteiger partial charge is 0.349 e. The van der Waals surface area contributed by atoms with E-state index in [1.807, 2.05) is 55.5 Å². The molecule has 126 valence electrons. The summed E-state index contributed by atoms with van der Waals surface area (Å²) in [7, 11) is 0. The minimum atomic E-state index is -0.120. The van der Waals surface area contributed by atoms with Crippen LogP contribution >= 0.6 is 0 Å². The van der Waals surface area contributed by atoms with Gasteiger partial charge in [0, 0.05) is 30.8 Å². The molecule has 0 atom stereocenters. The molecule has 1 aromatic carbocycles. The van der Waals surface area contributed by atoms with Crippen molar-refractivity contribution in [3.8, 4) is 0 Å². The predicted octanol–water partition coefficient (Wildman–Crippen LogP) is 3.15. The fourth-order valence-electron chi connectivity index (χ4n) is 2.41. The van der Waals surface area contributed by atoms with Crippen molar-refractivity contribution in [3.05, 3.63) is 78.4 Å². The van der Waals surface area contributed by atoms with Crippen LogP contribution in [0.2, 0.25) is 0 Å². The van der Waals surface area contributed by atoms with E-state index in [0.29, 0.717) is 24.6 Å². The Bertz CT molecular complexity index is 806. The van der Waals surface area contributed by atoms with E-state index in [-0.39, 0.29) is 5.91 Å². The van der Waals surface area contributed by atoms with Gasteiger partial charge in [0.15, 0.2) is 0 Å². The van der Waals surface area contributed by atoms with E-state index >= 15 is 0 Å². The van der Waals surface area contributed by atoms with Crippen molar-refractivity contribution >= 4 is 17.5 Å². The van der Waals surface area contributed by atoms with Crippen LogP contribution in [0.3, 0.4) is 0 Å². The number of carbonyl (C=O) groups is 1. The third kappa shape index (κ3) is 4.17. The molecule has 0 bridgehead atoms. The van der Waals surface area contributed by atoms with Crippen LogP contribution in [-0.4, -0.2) is 27.4 Å². The second-order valence-electron chi connectivity index (χ2n) is 5.35. The summed E-state index contributed by atoms with van der Waals surface area (Å²) in [5.41, 5.74) is 2.20. The van der Waals surface area contributed by atoms with Gasteiger partial charge < -0.3 is 10.2 Å². The predicted molar refractivity (Wildman–Crippen MR) is 97.4 cm³/mol. The number of nitrogens with zero attached hydrogens (tertiary/aromatic N) is 4. The topological polar surface area (TPSA) is 71.0 Å². The first-order chi connectivity index (χ1) is 12.3. The highest BCUT2D eigenvalue weighted by Crippen LogP contribution is 2.16. The number of carbonyl (C=O) groups excluding carboxylic acids is 1. The zero-order valence-corrected chi connectivity index (χ0v) is 14.0. The normalized spacial score (nSPS) is 10.3. The Morgan fingerprint density at radius 2 is 1.72 bits per heavy atom. The van der Waals surface area contributed by atoms with E-state index < -0.39 is 0 Å². The van der Waals surface area contributed by atoms with Crippen molar-refractivity contribution in [2.75, 3.05) is 16.8 Å². The molecule has 6 heteroatoms. The highest BCUT2D eigenvalue weighted by molar-refractivity contribution is 6.05. The maximum Gasteiger partial charge on any atom is 0.261 e. The van der Waals surface area contributed by atoms with Gasteiger partial charge in [-0.05, 0) is 31.2 Å². The zero-order chi connectivity index (χ0) is 17.5. The Kier molecular flexibility index (Phi) is 5.31. The number of aromatic nitrogens is 3. The molecule has 3 rings (SSSR count). The van der Waals surface area contributed by atoms with Gasteiger partial charge in [-0.15, -0.1) is 0 Å². The van der Waals surface area contributed by atoms with Crippen LogP contribution in [0.4, 0.5) is 11.6 Å². The third-order valence-corrected chi connectivity index (χ3v) is 3.68. The van der Waals surface area contributed by atoms with E-state index in [2.05, 4.69) is 20.3 Å². The number of para-hydroxylation sites is 1. The number of nitrogens with one attached hydrogen (secondary N) is 1. The quantitative estimate of drug-likeness (QED) is 0.750. The monoisotopic (exact) mass is 333 g/mol. The van der Waals surface area contributed by atoms with Crippen molar-refractivity contribution < 1.29 is 4.79 Å². The van der Waals surface area contributed by atoms with E-state index in [1.165, 1.54) is 0 Å². The smallest absolute Gasteiger partial charge is 0.261 e. The molecule has 1 N–H and O–H groups in total. The Balaban J connectivity index is 1.68. The summed E-state index contributed by atoms with van der Waals surface area (Å²) < 4.78 is 0. The van der Waals surface area contributed by atoms with Crippen LogP contribution in [0.5, 0.6) is 0 Å². The average molecular weight is 333 g/mol. The van der Waals surface area contributed by atoms with Crippen molar-refractivity contribution in [2.45, 2.75) is 13.5 Å². The molecule has 6 nitrogen and oxygen atoms in total. The summed E-state index contributed by atoms with van der Waals surface area (Å²) in [6.45, 7) is 3.04. The lowest BCUT2D eigenvalue weighted by atomic mass is 10.2. The molecule has 2 aromatic heterocycles. The molecule has 1 amide bonds. The van der Waals surface area contributed by atoms with Crippen molar-refractivity contribution in [3.63, 3.8) is 0 Å². The van der Waals surface area contributed by atoms with E-state index in [0.717, 1.165) is 11.4 Å². The molecular formula is C19H19N5O. The number of hydrogen-bond donors (Lipinski definition) is 1. The highest BCUT2D eigenvalue weighted by Gasteiger charge is 2.16. The lowest BCUT2D eigenvalue weighted by molar-refractivity contribution is 0.0987. The maximum atomic E-state index is 12.7. The lowest BCUT2D eigenvalue weighted by Gasteiger charge is -2.20. The molecule has 25 heavy (non-hydrogen) atoms. The molecule has 0 saturated heterocycles. The number of anilines is 2. The number of rotatable bonds is 6. The number of amides is 1. The fourth-order valence-corrected chi connectivity index (χ4v) is 2.41. The third-order valence-electron chi connectivity index (χ3n) is 3.68. The molecule has 0 aliphatic rings. The van der Waals surface area contributed by atoms with Crippen LogP contribution in [-0.2, 0) is 6.54 Å². The van der Waals surface area contributed by atoms with Gasteiger partial charge in [0.2, 0.25) is 5.95 Å². The van der Waals surface area contributed by atoms with Crippen LogP contribution in [0, 0.1) is 0 Å². The van der Waals surface area contributed by atoms with Crippen LogP contribution in [0.15, 0.2) is 67.1 Å². The summed E-state index contributed by atoms with van der Waals surface area (Å²) in [4.78, 5) is 27.1. The Hall–Kier alpha value is -3.28. The van der Waals surface area contributed by atoms with Gasteiger partial charge in [0.1, 0.15) is 0 Å². The lowest BCUT2D eigenvalue weighted by Crippen LogP contribution is -2.30. The standard InChI is InChI=1S/C19H19N5O/c1-2-24(17-9-4-3-5-10-17)18(25)15-12-21-19(22-13-15)23-14-16-8-6-7-11-20-16/h3-13H,2,14H2,1H3,(H,21,22,23). The maximum absolute atomic E-state index is 12.7. The summed E-state index contributed by atoms with van der Waals surface area (Å²) >= 11 is 0. The molecule has 0 aliphatic heterocycles. The summed E-state index contributed by atoms with van der Waals surface area (Å²) in [6, 6.07) is 15.3. The molecule has 0 aliphatic carbocycles. The van der Waals surface area contributed by atoms with Gasteiger partial charge >= 0.3 is 0 Å². The number of benzene rings is 1. The van der Waals surface area contributed by atoms with Crippen molar-refractivity contribution in [2.24, 2.45) is 0 Å². The first-order valence-electron chi connectivity index (χ1n) is 8.10. The summed E-state index contributed by atoms with van der Waals surface area (Å²) in [6.07, 6.45) is 4.83. The number of hydrogen-bond acceptors (Lipinski definition) is 5. The molecular weight excluding hydrogens is 314 g/mol. The SMILES string of the molecule is CCN(C(=O)c1cnc(NCc2ccccn2)nc1)c1ccccc1. The Morgan fingerprint density at radius 1 is 1.00 bits per heavy atom. The van der Waals surface area contributed by atoms with Crippen LogP contribution < -0.4 is 10.2 Å². The van der Waals surface area contributed by atoms with Gasteiger partial charge in [-0.2, -0.15) is 0 Å². The molecule has 3 aromatic rings. The highest BCUT2D eigenvalue weighted by atomic mass is 16.2. The van der Waals surface area contributed by atoms with Crippen molar-refractivity contribution in [1.29, 1.82) is 0 Å². The number of pyridine rings is 1. The first-order valence-corrected chi connectivity index (χ1v) is 8.10. The van der Waals surface area contributed by atoms with Gasteiger partial charge in [-0.25, -0.2) is 9.97 Å². The van der Waals surface area contributed by atoms with Gasteiger partial charge in [0.05, 0.1) is 17.8 Å². The van der Waals surface area contributed by atoms with Crippen LogP contribution in [0.25, 0.3) is 0 Å². The second kappa shape index (κ2) is 8.01. The van der Waals surface area contributed by atoms with Gasteiger partial charge in [0.25, 0.3) is 5.91 Å². The minimum absolute atomic E-state index is 0.120. The fraction of sp³-hybridized carbons (Fsp3) is 0.158. The average Bonchev–Trinajstić information content (AvgIpc) is 2.69. The van der Waals surface area contributed by atoms with Crippen molar-refractivity contribution in [1.82, 2.24) is 15.0 Å².